The second kappa shape index (κ2) is 9.11. The van der Waals surface area contributed by atoms with Crippen LogP contribution in [0.25, 0.3) is 0 Å². The van der Waals surface area contributed by atoms with Crippen LogP contribution in [-0.2, 0) is 10.2 Å². The predicted octanol–water partition coefficient (Wildman–Crippen LogP) is 4.92. The average molecular weight is 378 g/mol. The van der Waals surface area contributed by atoms with Gasteiger partial charge in [-0.05, 0) is 18.4 Å². The summed E-state index contributed by atoms with van der Waals surface area (Å²) in [6, 6.07) is 10.7. The van der Waals surface area contributed by atoms with E-state index in [1.807, 2.05) is 0 Å². The molecule has 102 valence electrons. The van der Waals surface area contributed by atoms with E-state index in [-0.39, 0.29) is 5.41 Å². The largest absolute Gasteiger partial charge is 0.381 e. The van der Waals surface area contributed by atoms with Gasteiger partial charge in [0.05, 0.1) is 0 Å². The molecule has 0 fully saturated rings. The van der Waals surface area contributed by atoms with Crippen molar-refractivity contribution in [1.82, 2.24) is 0 Å². The third-order valence-corrected chi connectivity index (χ3v) is 5.41. The zero-order valence-corrected chi connectivity index (χ0v) is 14.2. The third-order valence-electron chi connectivity index (χ3n) is 3.26. The number of ether oxygens (including phenoxy) is 1. The summed E-state index contributed by atoms with van der Waals surface area (Å²) in [4.78, 5) is 0. The van der Waals surface area contributed by atoms with E-state index in [1.165, 1.54) is 12.0 Å². The van der Waals surface area contributed by atoms with Crippen LogP contribution in [0.1, 0.15) is 31.7 Å². The molecule has 0 heterocycles. The molecule has 0 aliphatic heterocycles. The predicted molar refractivity (Wildman–Crippen MR) is 86.1 cm³/mol. The molecule has 1 aromatic rings. The lowest BCUT2D eigenvalue weighted by Crippen LogP contribution is -2.31. The van der Waals surface area contributed by atoms with Crippen LogP contribution in [-0.4, -0.2) is 23.9 Å². The highest BCUT2D eigenvalue weighted by atomic mass is 79.9. The van der Waals surface area contributed by atoms with Crippen LogP contribution in [0.2, 0.25) is 0 Å². The Bertz CT molecular complexity index is 310. The van der Waals surface area contributed by atoms with Crippen LogP contribution in [0.15, 0.2) is 30.3 Å². The van der Waals surface area contributed by atoms with Crippen molar-refractivity contribution in [2.75, 3.05) is 23.9 Å². The molecule has 0 unspecified atom stereocenters. The molecule has 0 saturated heterocycles. The number of rotatable bonds is 9. The lowest BCUT2D eigenvalue weighted by molar-refractivity contribution is 0.117. The summed E-state index contributed by atoms with van der Waals surface area (Å²) in [7, 11) is 0. The number of halogens is 2. The highest BCUT2D eigenvalue weighted by Gasteiger charge is 2.29. The molecule has 0 radical (unpaired) electrons. The van der Waals surface area contributed by atoms with E-state index < -0.39 is 0 Å². The highest BCUT2D eigenvalue weighted by molar-refractivity contribution is 9.09. The molecule has 0 atom stereocenters. The van der Waals surface area contributed by atoms with E-state index in [0.717, 1.165) is 36.7 Å². The van der Waals surface area contributed by atoms with Gasteiger partial charge in [-0.2, -0.15) is 0 Å². The molecule has 0 saturated carbocycles. The molecule has 0 aliphatic rings. The highest BCUT2D eigenvalue weighted by Crippen LogP contribution is 2.32. The molecule has 1 nitrogen and oxygen atoms in total. The number of benzene rings is 1. The fraction of sp³-hybridized carbons (Fsp3) is 0.600. The van der Waals surface area contributed by atoms with Crippen molar-refractivity contribution in [2.45, 2.75) is 31.6 Å². The Kier molecular flexibility index (Phi) is 8.20. The van der Waals surface area contributed by atoms with Gasteiger partial charge in [0.2, 0.25) is 0 Å². The van der Waals surface area contributed by atoms with Gasteiger partial charge in [-0.3, -0.25) is 0 Å². The van der Waals surface area contributed by atoms with Gasteiger partial charge < -0.3 is 4.74 Å². The first kappa shape index (κ1) is 16.2. The molecule has 0 amide bonds. The molecule has 18 heavy (non-hydrogen) atoms. The smallest absolute Gasteiger partial charge is 0.0475 e. The van der Waals surface area contributed by atoms with E-state index in [2.05, 4.69) is 69.1 Å². The van der Waals surface area contributed by atoms with Crippen molar-refractivity contribution in [1.29, 1.82) is 0 Å². The SMILES string of the molecule is CCCCOCCC(CBr)(CBr)c1ccccc1. The van der Waals surface area contributed by atoms with Crippen molar-refractivity contribution in [3.05, 3.63) is 35.9 Å². The van der Waals surface area contributed by atoms with E-state index in [9.17, 15) is 0 Å². The second-order valence-electron chi connectivity index (χ2n) is 4.63. The van der Waals surface area contributed by atoms with Crippen LogP contribution in [0.4, 0.5) is 0 Å². The Balaban J connectivity index is 2.58. The standard InChI is InChI=1S/C15H22Br2O/c1-2-3-10-18-11-9-15(12-16,13-17)14-7-5-4-6-8-14/h4-8H,2-3,9-13H2,1H3. The van der Waals surface area contributed by atoms with E-state index in [1.54, 1.807) is 0 Å². The number of hydrogen-bond acceptors (Lipinski definition) is 1. The lowest BCUT2D eigenvalue weighted by atomic mass is 9.82. The van der Waals surface area contributed by atoms with E-state index >= 15 is 0 Å². The molecule has 0 spiro atoms. The number of alkyl halides is 2. The third kappa shape index (κ3) is 4.67. The monoisotopic (exact) mass is 376 g/mol. The maximum absolute atomic E-state index is 5.71. The summed E-state index contributed by atoms with van der Waals surface area (Å²) < 4.78 is 5.71. The van der Waals surface area contributed by atoms with Crippen LogP contribution >= 0.6 is 31.9 Å². The first-order valence-electron chi connectivity index (χ1n) is 6.54. The van der Waals surface area contributed by atoms with Crippen molar-refractivity contribution < 1.29 is 4.74 Å². The zero-order valence-electron chi connectivity index (χ0n) is 11.0. The molecule has 1 rings (SSSR count). The number of hydrogen-bond donors (Lipinski definition) is 0. The fourth-order valence-corrected chi connectivity index (χ4v) is 4.01. The average Bonchev–Trinajstić information content (AvgIpc) is 2.44. The summed E-state index contributed by atoms with van der Waals surface area (Å²) in [5, 5.41) is 1.90. The topological polar surface area (TPSA) is 9.23 Å². The van der Waals surface area contributed by atoms with Gasteiger partial charge in [0.15, 0.2) is 0 Å². The summed E-state index contributed by atoms with van der Waals surface area (Å²) >= 11 is 7.33. The molecule has 0 aromatic heterocycles. The molecule has 0 bridgehead atoms. The van der Waals surface area contributed by atoms with Crippen molar-refractivity contribution in [2.24, 2.45) is 0 Å². The van der Waals surface area contributed by atoms with Crippen molar-refractivity contribution >= 4 is 31.9 Å². The molecular formula is C15H22Br2O. The molecule has 3 heteroatoms. The summed E-state index contributed by atoms with van der Waals surface area (Å²) in [5.74, 6) is 0. The summed E-state index contributed by atoms with van der Waals surface area (Å²) in [5.41, 5.74) is 1.51. The molecule has 1 aromatic carbocycles. The summed E-state index contributed by atoms with van der Waals surface area (Å²) in [6.45, 7) is 3.90. The van der Waals surface area contributed by atoms with Gasteiger partial charge in [0, 0.05) is 29.3 Å². The van der Waals surface area contributed by atoms with Gasteiger partial charge in [-0.1, -0.05) is 75.5 Å². The van der Waals surface area contributed by atoms with Gasteiger partial charge in [-0.25, -0.2) is 0 Å². The Hall–Kier alpha value is 0.140. The zero-order chi connectivity index (χ0) is 13.3. The molecule has 0 aliphatic carbocycles. The lowest BCUT2D eigenvalue weighted by Gasteiger charge is -2.30. The molecule has 0 N–H and O–H groups in total. The van der Waals surface area contributed by atoms with Gasteiger partial charge >= 0.3 is 0 Å². The number of unbranched alkanes of at least 4 members (excludes halogenated alkanes) is 1. The van der Waals surface area contributed by atoms with Crippen LogP contribution in [0.5, 0.6) is 0 Å². The first-order valence-corrected chi connectivity index (χ1v) is 8.78. The van der Waals surface area contributed by atoms with E-state index in [4.69, 9.17) is 4.74 Å². The van der Waals surface area contributed by atoms with Crippen molar-refractivity contribution in [3.8, 4) is 0 Å². The Morgan fingerprint density at radius 1 is 1.06 bits per heavy atom. The molecular weight excluding hydrogens is 356 g/mol. The fourth-order valence-electron chi connectivity index (χ4n) is 1.88. The summed E-state index contributed by atoms with van der Waals surface area (Å²) in [6.07, 6.45) is 3.39. The Morgan fingerprint density at radius 2 is 1.72 bits per heavy atom. The van der Waals surface area contributed by atoms with Gasteiger partial charge in [0.1, 0.15) is 0 Å². The van der Waals surface area contributed by atoms with Crippen LogP contribution in [0.3, 0.4) is 0 Å². The minimum atomic E-state index is 0.132. The van der Waals surface area contributed by atoms with Crippen LogP contribution < -0.4 is 0 Å². The van der Waals surface area contributed by atoms with Gasteiger partial charge in [-0.15, -0.1) is 0 Å². The maximum atomic E-state index is 5.71. The van der Waals surface area contributed by atoms with Gasteiger partial charge in [0.25, 0.3) is 0 Å². The maximum Gasteiger partial charge on any atom is 0.0475 e. The van der Waals surface area contributed by atoms with E-state index in [0.29, 0.717) is 0 Å². The second-order valence-corrected chi connectivity index (χ2v) is 5.75. The first-order chi connectivity index (χ1) is 8.79. The van der Waals surface area contributed by atoms with Crippen molar-refractivity contribution in [3.63, 3.8) is 0 Å². The minimum Gasteiger partial charge on any atom is -0.381 e. The quantitative estimate of drug-likeness (QED) is 0.438. The van der Waals surface area contributed by atoms with Crippen LogP contribution in [0, 0.1) is 0 Å². The normalized spacial score (nSPS) is 11.7. The Morgan fingerprint density at radius 3 is 2.28 bits per heavy atom. The minimum absolute atomic E-state index is 0.132. The Labute approximate surface area is 128 Å².